The molecule has 0 amide bonds. The first-order valence-electron chi connectivity index (χ1n) is 4.20. The Morgan fingerprint density at radius 2 is 2.15 bits per heavy atom. The standard InChI is InChI=1S/C9H15N3O/c10-9(11)7-2-1-3-8(6-7)12-4-5-13/h1-3,6,9,12-13H,4-5,10-11H2. The van der Waals surface area contributed by atoms with Gasteiger partial charge in [0.1, 0.15) is 0 Å². The van der Waals surface area contributed by atoms with Gasteiger partial charge < -0.3 is 21.9 Å². The fourth-order valence-electron chi connectivity index (χ4n) is 1.06. The first-order valence-corrected chi connectivity index (χ1v) is 4.20. The van der Waals surface area contributed by atoms with E-state index < -0.39 is 6.17 Å². The largest absolute Gasteiger partial charge is 0.395 e. The molecule has 0 fully saturated rings. The summed E-state index contributed by atoms with van der Waals surface area (Å²) in [6, 6.07) is 7.53. The lowest BCUT2D eigenvalue weighted by molar-refractivity contribution is 0.311. The molecule has 0 atom stereocenters. The lowest BCUT2D eigenvalue weighted by Gasteiger charge is -2.09. The first-order chi connectivity index (χ1) is 6.24. The van der Waals surface area contributed by atoms with Gasteiger partial charge in [0.25, 0.3) is 0 Å². The minimum atomic E-state index is -0.448. The lowest BCUT2D eigenvalue weighted by atomic mass is 10.1. The molecule has 0 saturated heterocycles. The highest BCUT2D eigenvalue weighted by molar-refractivity contribution is 5.46. The molecule has 0 saturated carbocycles. The molecule has 6 N–H and O–H groups in total. The van der Waals surface area contributed by atoms with Crippen LogP contribution >= 0.6 is 0 Å². The van der Waals surface area contributed by atoms with Crippen LogP contribution in [0.1, 0.15) is 11.7 Å². The summed E-state index contributed by atoms with van der Waals surface area (Å²) < 4.78 is 0. The van der Waals surface area contributed by atoms with Crippen LogP contribution in [-0.2, 0) is 0 Å². The number of aliphatic hydroxyl groups excluding tert-OH is 1. The summed E-state index contributed by atoms with van der Waals surface area (Å²) in [7, 11) is 0. The van der Waals surface area contributed by atoms with Gasteiger partial charge in [0.05, 0.1) is 12.8 Å². The van der Waals surface area contributed by atoms with Gasteiger partial charge in [-0.3, -0.25) is 0 Å². The van der Waals surface area contributed by atoms with Crippen LogP contribution in [0.3, 0.4) is 0 Å². The van der Waals surface area contributed by atoms with Crippen molar-refractivity contribution in [1.82, 2.24) is 0 Å². The third kappa shape index (κ3) is 3.02. The van der Waals surface area contributed by atoms with Crippen LogP contribution in [0, 0.1) is 0 Å². The molecule has 1 rings (SSSR count). The highest BCUT2D eigenvalue weighted by Crippen LogP contribution is 2.12. The number of benzene rings is 1. The van der Waals surface area contributed by atoms with E-state index in [1.807, 2.05) is 24.3 Å². The number of hydrogen-bond donors (Lipinski definition) is 4. The van der Waals surface area contributed by atoms with Gasteiger partial charge in [-0.25, -0.2) is 0 Å². The predicted octanol–water partition coefficient (Wildman–Crippen LogP) is 0.00680. The van der Waals surface area contributed by atoms with Gasteiger partial charge in [-0.15, -0.1) is 0 Å². The second-order valence-corrected chi connectivity index (χ2v) is 2.80. The molecule has 0 aliphatic rings. The molecule has 0 aliphatic heterocycles. The topological polar surface area (TPSA) is 84.3 Å². The van der Waals surface area contributed by atoms with E-state index in [2.05, 4.69) is 5.32 Å². The fraction of sp³-hybridized carbons (Fsp3) is 0.333. The Bertz CT molecular complexity index is 263. The van der Waals surface area contributed by atoms with Crippen molar-refractivity contribution >= 4 is 5.69 Å². The highest BCUT2D eigenvalue weighted by atomic mass is 16.3. The van der Waals surface area contributed by atoms with E-state index in [0.717, 1.165) is 11.3 Å². The molecule has 0 unspecified atom stereocenters. The zero-order chi connectivity index (χ0) is 9.68. The number of nitrogens with one attached hydrogen (secondary N) is 1. The number of nitrogens with two attached hydrogens (primary N) is 2. The van der Waals surface area contributed by atoms with E-state index in [1.54, 1.807) is 0 Å². The van der Waals surface area contributed by atoms with Gasteiger partial charge in [0.15, 0.2) is 0 Å². The molecule has 0 radical (unpaired) electrons. The van der Waals surface area contributed by atoms with Crippen molar-refractivity contribution in [3.05, 3.63) is 29.8 Å². The van der Waals surface area contributed by atoms with Gasteiger partial charge in [-0.05, 0) is 17.7 Å². The molecule has 0 aromatic heterocycles. The summed E-state index contributed by atoms with van der Waals surface area (Å²) in [5, 5.41) is 11.6. The number of aliphatic hydroxyl groups is 1. The number of hydrogen-bond acceptors (Lipinski definition) is 4. The molecule has 4 heteroatoms. The van der Waals surface area contributed by atoms with E-state index >= 15 is 0 Å². The molecule has 13 heavy (non-hydrogen) atoms. The fourth-order valence-corrected chi connectivity index (χ4v) is 1.06. The summed E-state index contributed by atoms with van der Waals surface area (Å²) in [4.78, 5) is 0. The molecule has 1 aromatic carbocycles. The molecular formula is C9H15N3O. The van der Waals surface area contributed by atoms with Crippen LogP contribution < -0.4 is 16.8 Å². The van der Waals surface area contributed by atoms with Gasteiger partial charge >= 0.3 is 0 Å². The van der Waals surface area contributed by atoms with E-state index in [9.17, 15) is 0 Å². The highest BCUT2D eigenvalue weighted by Gasteiger charge is 1.99. The summed E-state index contributed by atoms with van der Waals surface area (Å²) in [6.45, 7) is 0.641. The molecular weight excluding hydrogens is 166 g/mol. The monoisotopic (exact) mass is 181 g/mol. The Morgan fingerprint density at radius 3 is 2.77 bits per heavy atom. The summed E-state index contributed by atoms with van der Waals surface area (Å²) in [5.74, 6) is 0. The minimum Gasteiger partial charge on any atom is -0.395 e. The maximum Gasteiger partial charge on any atom is 0.0785 e. The quantitative estimate of drug-likeness (QED) is 0.493. The van der Waals surface area contributed by atoms with Gasteiger partial charge in [0.2, 0.25) is 0 Å². The van der Waals surface area contributed by atoms with Crippen LogP contribution in [0.15, 0.2) is 24.3 Å². The maximum absolute atomic E-state index is 8.59. The number of anilines is 1. The minimum absolute atomic E-state index is 0.110. The van der Waals surface area contributed by atoms with Crippen molar-refractivity contribution in [3.8, 4) is 0 Å². The van der Waals surface area contributed by atoms with E-state index in [4.69, 9.17) is 16.6 Å². The second-order valence-electron chi connectivity index (χ2n) is 2.80. The SMILES string of the molecule is NC(N)c1cccc(NCCO)c1. The van der Waals surface area contributed by atoms with Crippen molar-refractivity contribution in [3.63, 3.8) is 0 Å². The predicted molar refractivity (Wildman–Crippen MR) is 53.1 cm³/mol. The van der Waals surface area contributed by atoms with Crippen LogP contribution in [0.5, 0.6) is 0 Å². The van der Waals surface area contributed by atoms with Crippen LogP contribution in [0.2, 0.25) is 0 Å². The molecule has 1 aromatic rings. The van der Waals surface area contributed by atoms with Crippen molar-refractivity contribution in [1.29, 1.82) is 0 Å². The summed E-state index contributed by atoms with van der Waals surface area (Å²) in [6.07, 6.45) is -0.448. The van der Waals surface area contributed by atoms with Crippen molar-refractivity contribution in [2.45, 2.75) is 6.17 Å². The van der Waals surface area contributed by atoms with Crippen molar-refractivity contribution < 1.29 is 5.11 Å². The van der Waals surface area contributed by atoms with Gasteiger partial charge in [0, 0.05) is 12.2 Å². The van der Waals surface area contributed by atoms with Crippen LogP contribution in [0.25, 0.3) is 0 Å². The van der Waals surface area contributed by atoms with Crippen LogP contribution in [-0.4, -0.2) is 18.3 Å². The molecule has 0 aliphatic carbocycles. The third-order valence-corrected chi connectivity index (χ3v) is 1.71. The molecule has 72 valence electrons. The molecule has 0 bridgehead atoms. The molecule has 4 nitrogen and oxygen atoms in total. The lowest BCUT2D eigenvalue weighted by Crippen LogP contribution is -2.20. The van der Waals surface area contributed by atoms with Crippen molar-refractivity contribution in [2.75, 3.05) is 18.5 Å². The second kappa shape index (κ2) is 4.81. The summed E-state index contributed by atoms with van der Waals surface area (Å²) in [5.41, 5.74) is 12.8. The van der Waals surface area contributed by atoms with Gasteiger partial charge in [-0.1, -0.05) is 12.1 Å². The average Bonchev–Trinajstić information content (AvgIpc) is 2.15. The van der Waals surface area contributed by atoms with Crippen molar-refractivity contribution in [2.24, 2.45) is 11.5 Å². The molecule has 0 spiro atoms. The first kappa shape index (κ1) is 9.98. The normalized spacial score (nSPS) is 10.5. The Labute approximate surface area is 77.6 Å². The zero-order valence-electron chi connectivity index (χ0n) is 7.40. The van der Waals surface area contributed by atoms with Gasteiger partial charge in [-0.2, -0.15) is 0 Å². The van der Waals surface area contributed by atoms with E-state index in [0.29, 0.717) is 6.54 Å². The third-order valence-electron chi connectivity index (χ3n) is 1.71. The maximum atomic E-state index is 8.59. The summed E-state index contributed by atoms with van der Waals surface area (Å²) >= 11 is 0. The average molecular weight is 181 g/mol. The van der Waals surface area contributed by atoms with E-state index in [1.165, 1.54) is 0 Å². The Hall–Kier alpha value is -1.10. The van der Waals surface area contributed by atoms with E-state index in [-0.39, 0.29) is 6.61 Å². The Kier molecular flexibility index (Phi) is 3.70. The zero-order valence-corrected chi connectivity index (χ0v) is 7.40. The smallest absolute Gasteiger partial charge is 0.0785 e. The number of rotatable bonds is 4. The van der Waals surface area contributed by atoms with Crippen LogP contribution in [0.4, 0.5) is 5.69 Å². The molecule has 0 heterocycles. The Balaban J connectivity index is 2.68. The Morgan fingerprint density at radius 1 is 1.38 bits per heavy atom.